The molecule has 0 aromatic heterocycles. The first-order chi connectivity index (χ1) is 25.6. The Morgan fingerprint density at radius 3 is 1.74 bits per heavy atom. The second-order valence-electron chi connectivity index (χ2n) is 14.7. The molecular formula is C42H64O10Si. The monoisotopic (exact) mass is 756 g/mol. The molecule has 0 spiro atoms. The van der Waals surface area contributed by atoms with Crippen molar-refractivity contribution in [2.75, 3.05) is 40.6 Å². The summed E-state index contributed by atoms with van der Waals surface area (Å²) >= 11 is 0. The van der Waals surface area contributed by atoms with Gasteiger partial charge < -0.3 is 47.1 Å². The van der Waals surface area contributed by atoms with Crippen molar-refractivity contribution in [3.8, 4) is 0 Å². The molecule has 53 heavy (non-hydrogen) atoms. The summed E-state index contributed by atoms with van der Waals surface area (Å²) in [5, 5.41) is 0. The molecule has 4 rings (SSSR count). The maximum atomic E-state index is 7.49. The number of hydrogen-bond acceptors (Lipinski definition) is 10. The van der Waals surface area contributed by atoms with E-state index in [0.29, 0.717) is 36.4 Å². The van der Waals surface area contributed by atoms with Gasteiger partial charge in [0, 0.05) is 14.2 Å². The maximum absolute atomic E-state index is 7.49. The van der Waals surface area contributed by atoms with Crippen molar-refractivity contribution in [1.29, 1.82) is 0 Å². The smallest absolute Gasteiger partial charge is 0.201 e. The van der Waals surface area contributed by atoms with Gasteiger partial charge in [0.05, 0.1) is 39.6 Å². The van der Waals surface area contributed by atoms with Crippen LogP contribution < -0.4 is 0 Å². The lowest BCUT2D eigenvalue weighted by molar-refractivity contribution is -0.376. The predicted octanol–water partition coefficient (Wildman–Crippen LogP) is 7.62. The van der Waals surface area contributed by atoms with Crippen molar-refractivity contribution in [3.63, 3.8) is 0 Å². The van der Waals surface area contributed by atoms with Crippen LogP contribution in [0.3, 0.4) is 0 Å². The number of rotatable bonds is 22. The van der Waals surface area contributed by atoms with Gasteiger partial charge in [-0.25, -0.2) is 0 Å². The van der Waals surface area contributed by atoms with Gasteiger partial charge >= 0.3 is 0 Å². The lowest BCUT2D eigenvalue weighted by atomic mass is 9.98. The largest absolute Gasteiger partial charge is 0.408 e. The molecule has 11 heteroatoms. The Hall–Kier alpha value is -2.26. The fourth-order valence-electron chi connectivity index (χ4n) is 7.93. The Balaban J connectivity index is 1.72. The predicted molar refractivity (Wildman–Crippen MR) is 208 cm³/mol. The van der Waals surface area contributed by atoms with Crippen molar-refractivity contribution in [2.24, 2.45) is 0 Å². The zero-order valence-corrected chi connectivity index (χ0v) is 34.1. The molecule has 2 aromatic rings. The topological polar surface area (TPSA) is 92.3 Å². The zero-order chi connectivity index (χ0) is 38.4. The van der Waals surface area contributed by atoms with Gasteiger partial charge in [-0.15, -0.1) is 13.2 Å². The van der Waals surface area contributed by atoms with Crippen molar-refractivity contribution in [3.05, 3.63) is 97.1 Å². The number of methoxy groups -OCH3 is 2. The van der Waals surface area contributed by atoms with E-state index in [1.54, 1.807) is 26.4 Å². The molecule has 10 nitrogen and oxygen atoms in total. The molecule has 0 amide bonds. The van der Waals surface area contributed by atoms with E-state index in [-0.39, 0.29) is 19.8 Å². The highest BCUT2D eigenvalue weighted by atomic mass is 28.4. The fraction of sp³-hybridized carbons (Fsp3) is 0.619. The highest BCUT2D eigenvalue weighted by molar-refractivity contribution is 6.77. The first-order valence-electron chi connectivity index (χ1n) is 19.0. The van der Waals surface area contributed by atoms with Crippen LogP contribution in [0.1, 0.15) is 52.7 Å². The summed E-state index contributed by atoms with van der Waals surface area (Å²) in [6.07, 6.45) is -2.46. The number of ether oxygens (including phenoxy) is 9. The molecule has 2 aromatic carbocycles. The van der Waals surface area contributed by atoms with E-state index in [9.17, 15) is 0 Å². The summed E-state index contributed by atoms with van der Waals surface area (Å²) < 4.78 is 65.5. The molecule has 296 valence electrons. The Labute approximate surface area is 319 Å². The van der Waals surface area contributed by atoms with Crippen molar-refractivity contribution in [2.45, 2.75) is 127 Å². The third kappa shape index (κ3) is 11.2. The van der Waals surface area contributed by atoms with Crippen LogP contribution >= 0.6 is 0 Å². The van der Waals surface area contributed by atoms with Crippen LogP contribution in [0.25, 0.3) is 0 Å². The van der Waals surface area contributed by atoms with Crippen LogP contribution in [0.5, 0.6) is 0 Å². The first-order valence-corrected chi connectivity index (χ1v) is 21.1. The third-order valence-corrected chi connectivity index (χ3v) is 16.4. The average molecular weight is 757 g/mol. The van der Waals surface area contributed by atoms with E-state index in [0.717, 1.165) is 11.1 Å². The summed E-state index contributed by atoms with van der Waals surface area (Å²) in [5.41, 5.74) is 3.02. The Morgan fingerprint density at radius 1 is 0.679 bits per heavy atom. The van der Waals surface area contributed by atoms with Gasteiger partial charge in [0.25, 0.3) is 0 Å². The highest BCUT2D eigenvalue weighted by Gasteiger charge is 2.56. The quantitative estimate of drug-likeness (QED) is 0.0883. The van der Waals surface area contributed by atoms with Gasteiger partial charge in [0.2, 0.25) is 8.32 Å². The lowest BCUT2D eigenvalue weighted by Gasteiger charge is -2.52. The maximum Gasteiger partial charge on any atom is 0.201 e. The average Bonchev–Trinajstić information content (AvgIpc) is 3.15. The number of benzene rings is 2. The highest BCUT2D eigenvalue weighted by Crippen LogP contribution is 2.45. The molecule has 0 N–H and O–H groups in total. The van der Waals surface area contributed by atoms with Crippen LogP contribution in [-0.4, -0.2) is 104 Å². The van der Waals surface area contributed by atoms with Gasteiger partial charge in [0.15, 0.2) is 12.6 Å². The first kappa shape index (κ1) is 43.5. The SMILES string of the molecule is C=CCO[C@H]1[C@@H](OCc2ccccc2)[C@H](O[C@@H]2O[C@H](COC)[C@@H](O[Si](C(C)C)(C(C)C)C(C)C)[C@H](OCc3ccccc3)[C@@H]2OC)OC[C@@H]1OCC=C. The molecule has 0 radical (unpaired) electrons. The van der Waals surface area contributed by atoms with Gasteiger partial charge in [-0.3, -0.25) is 0 Å². The van der Waals surface area contributed by atoms with Crippen molar-refractivity contribution < 1.29 is 47.1 Å². The molecule has 2 aliphatic rings. The second kappa shape index (κ2) is 21.7. The standard InChI is InChI=1S/C42H64O10Si/c1-11-23-45-34-28-49-41(40(36(34)46-24-12-2)48-26-33-21-17-14-18-22-33)51-42-39(44-10)38(47-25-32-19-15-13-16-20-32)37(35(50-42)27-43-9)52-53(29(3)4,30(5)6)31(7)8/h11-22,29-31,34-42H,1-2,23-28H2,3-10H3/t34-,35+,36+,37+,38-,39-,40+,41-,42-/m0/s1. The normalized spacial score (nSPS) is 28.1. The summed E-state index contributed by atoms with van der Waals surface area (Å²) in [7, 11) is 0.874. The number of hydrogen-bond donors (Lipinski definition) is 0. The van der Waals surface area contributed by atoms with E-state index >= 15 is 0 Å². The van der Waals surface area contributed by atoms with Crippen LogP contribution in [0.2, 0.25) is 16.6 Å². The van der Waals surface area contributed by atoms with Gasteiger partial charge in [0.1, 0.15) is 42.7 Å². The summed E-state index contributed by atoms with van der Waals surface area (Å²) in [4.78, 5) is 0. The minimum atomic E-state index is -2.44. The van der Waals surface area contributed by atoms with Crippen LogP contribution in [0.15, 0.2) is 86.0 Å². The van der Waals surface area contributed by atoms with E-state index in [1.165, 1.54) is 0 Å². The Bertz CT molecular complexity index is 1310. The van der Waals surface area contributed by atoms with Gasteiger partial charge in [-0.05, 0) is 27.8 Å². The summed E-state index contributed by atoms with van der Waals surface area (Å²) in [5.74, 6) is 0. The molecule has 0 unspecified atom stereocenters. The molecule has 0 saturated carbocycles. The van der Waals surface area contributed by atoms with Crippen LogP contribution in [0.4, 0.5) is 0 Å². The zero-order valence-electron chi connectivity index (χ0n) is 33.1. The van der Waals surface area contributed by atoms with Gasteiger partial charge in [-0.2, -0.15) is 0 Å². The third-order valence-electron chi connectivity index (χ3n) is 10.3. The molecule has 2 fully saturated rings. The van der Waals surface area contributed by atoms with E-state index in [2.05, 4.69) is 54.7 Å². The second-order valence-corrected chi connectivity index (χ2v) is 20.1. The van der Waals surface area contributed by atoms with Crippen molar-refractivity contribution >= 4 is 8.32 Å². The minimum absolute atomic E-state index is 0.197. The molecule has 9 atom stereocenters. The Morgan fingerprint density at radius 2 is 1.23 bits per heavy atom. The molecular weight excluding hydrogens is 693 g/mol. The summed E-state index contributed by atoms with van der Waals surface area (Å²) in [6.45, 7) is 23.0. The van der Waals surface area contributed by atoms with Crippen molar-refractivity contribution in [1.82, 2.24) is 0 Å². The molecule has 2 saturated heterocycles. The fourth-order valence-corrected chi connectivity index (χ4v) is 13.5. The van der Waals surface area contributed by atoms with Crippen LogP contribution in [-0.2, 0) is 60.3 Å². The Kier molecular flexibility index (Phi) is 17.8. The van der Waals surface area contributed by atoms with E-state index < -0.39 is 63.6 Å². The molecule has 2 heterocycles. The van der Waals surface area contributed by atoms with E-state index in [4.69, 9.17) is 47.1 Å². The van der Waals surface area contributed by atoms with Crippen LogP contribution in [0, 0.1) is 0 Å². The molecule has 0 bridgehead atoms. The van der Waals surface area contributed by atoms with E-state index in [1.807, 2.05) is 60.7 Å². The summed E-state index contributed by atoms with van der Waals surface area (Å²) in [6, 6.07) is 20.0. The van der Waals surface area contributed by atoms with Gasteiger partial charge in [-0.1, -0.05) is 114 Å². The minimum Gasteiger partial charge on any atom is -0.408 e. The molecule has 2 aliphatic heterocycles. The lowest BCUT2D eigenvalue weighted by Crippen LogP contribution is -2.66. The molecule has 0 aliphatic carbocycles.